The summed E-state index contributed by atoms with van der Waals surface area (Å²) in [4.78, 5) is 40.1. The molecule has 19 heavy (non-hydrogen) atoms. The molecule has 1 heterocycles. The molecule has 0 saturated heterocycles. The Morgan fingerprint density at radius 2 is 2.16 bits per heavy atom. The Hall–Kier alpha value is -1.83. The van der Waals surface area contributed by atoms with Crippen LogP contribution in [0.2, 0.25) is 0 Å². The number of hydrogen-bond acceptors (Lipinski definition) is 5. The zero-order chi connectivity index (χ0) is 14.3. The van der Waals surface area contributed by atoms with Gasteiger partial charge in [-0.3, -0.25) is 25.2 Å². The topological polar surface area (TPSA) is 104 Å². The highest BCUT2D eigenvalue weighted by molar-refractivity contribution is 7.99. The van der Waals surface area contributed by atoms with Gasteiger partial charge in [0.15, 0.2) is 5.16 Å². The van der Waals surface area contributed by atoms with E-state index in [-0.39, 0.29) is 23.1 Å². The highest BCUT2D eigenvalue weighted by Gasteiger charge is 2.06. The van der Waals surface area contributed by atoms with Gasteiger partial charge in [-0.2, -0.15) is 0 Å². The first-order valence-corrected chi connectivity index (χ1v) is 6.78. The zero-order valence-corrected chi connectivity index (χ0v) is 11.6. The summed E-state index contributed by atoms with van der Waals surface area (Å²) in [7, 11) is 0. The lowest BCUT2D eigenvalue weighted by atomic mass is 10.2. The predicted molar refractivity (Wildman–Crippen MR) is 71.5 cm³/mol. The minimum absolute atomic E-state index is 0.0544. The van der Waals surface area contributed by atoms with Gasteiger partial charge in [0.1, 0.15) is 0 Å². The Kier molecular flexibility index (Phi) is 6.07. The lowest BCUT2D eigenvalue weighted by Crippen LogP contribution is -2.41. The van der Waals surface area contributed by atoms with Crippen LogP contribution in [0.3, 0.4) is 0 Å². The standard InChI is InChI=1S/C11H16N4O3S/c1-3-4-8-5-9(17)13-11(12-8)19-6-10(18)15-14-7(2)16/h5H,3-4,6H2,1-2H3,(H,14,16)(H,15,18)(H,12,13,17). The number of thioether (sulfide) groups is 1. The third-order valence-electron chi connectivity index (χ3n) is 2.00. The number of aryl methyl sites for hydroxylation is 1. The van der Waals surface area contributed by atoms with Gasteiger partial charge in [0.05, 0.1) is 5.75 Å². The lowest BCUT2D eigenvalue weighted by molar-refractivity contribution is -0.126. The Bertz CT molecular complexity index is 515. The number of aromatic amines is 1. The van der Waals surface area contributed by atoms with Crippen molar-refractivity contribution in [3.8, 4) is 0 Å². The third kappa shape index (κ3) is 6.05. The Morgan fingerprint density at radius 1 is 1.42 bits per heavy atom. The first kappa shape index (κ1) is 15.2. The van der Waals surface area contributed by atoms with Crippen molar-refractivity contribution in [3.05, 3.63) is 22.1 Å². The van der Waals surface area contributed by atoms with Gasteiger partial charge in [-0.1, -0.05) is 25.1 Å². The van der Waals surface area contributed by atoms with Crippen LogP contribution in [0, 0.1) is 0 Å². The monoisotopic (exact) mass is 284 g/mol. The molecular weight excluding hydrogens is 268 g/mol. The molecule has 0 radical (unpaired) electrons. The summed E-state index contributed by atoms with van der Waals surface area (Å²) in [6.45, 7) is 3.29. The molecule has 0 spiro atoms. The largest absolute Gasteiger partial charge is 0.301 e. The molecule has 0 saturated carbocycles. The zero-order valence-electron chi connectivity index (χ0n) is 10.8. The van der Waals surface area contributed by atoms with E-state index >= 15 is 0 Å². The lowest BCUT2D eigenvalue weighted by Gasteiger charge is -2.05. The first-order valence-electron chi connectivity index (χ1n) is 5.79. The Labute approximate surface area is 114 Å². The number of aromatic nitrogens is 2. The van der Waals surface area contributed by atoms with Gasteiger partial charge < -0.3 is 4.98 Å². The van der Waals surface area contributed by atoms with Gasteiger partial charge in [0.2, 0.25) is 11.8 Å². The molecular formula is C11H16N4O3S. The van der Waals surface area contributed by atoms with E-state index in [1.807, 2.05) is 6.92 Å². The molecule has 1 rings (SSSR count). The van der Waals surface area contributed by atoms with E-state index in [1.165, 1.54) is 13.0 Å². The van der Waals surface area contributed by atoms with Crippen molar-refractivity contribution in [1.82, 2.24) is 20.8 Å². The van der Waals surface area contributed by atoms with Crippen molar-refractivity contribution < 1.29 is 9.59 Å². The van der Waals surface area contributed by atoms with Crippen molar-refractivity contribution in [2.45, 2.75) is 31.8 Å². The summed E-state index contributed by atoms with van der Waals surface area (Å²) < 4.78 is 0. The average molecular weight is 284 g/mol. The number of H-pyrrole nitrogens is 1. The van der Waals surface area contributed by atoms with E-state index in [4.69, 9.17) is 0 Å². The SMILES string of the molecule is CCCc1cc(=O)[nH]c(SCC(=O)NNC(C)=O)n1. The van der Waals surface area contributed by atoms with Crippen molar-refractivity contribution in [2.24, 2.45) is 0 Å². The molecule has 3 N–H and O–H groups in total. The Morgan fingerprint density at radius 3 is 2.79 bits per heavy atom. The van der Waals surface area contributed by atoms with Gasteiger partial charge in [-0.05, 0) is 6.42 Å². The van der Waals surface area contributed by atoms with Crippen molar-refractivity contribution in [1.29, 1.82) is 0 Å². The summed E-state index contributed by atoms with van der Waals surface area (Å²) >= 11 is 1.10. The maximum Gasteiger partial charge on any atom is 0.251 e. The number of amides is 2. The maximum atomic E-state index is 11.4. The molecule has 2 amide bonds. The van der Waals surface area contributed by atoms with Crippen LogP contribution in [0.5, 0.6) is 0 Å². The second kappa shape index (κ2) is 7.57. The van der Waals surface area contributed by atoms with Gasteiger partial charge in [0.25, 0.3) is 5.56 Å². The van der Waals surface area contributed by atoms with E-state index in [2.05, 4.69) is 20.8 Å². The number of nitrogens with one attached hydrogen (secondary N) is 3. The third-order valence-corrected chi connectivity index (χ3v) is 2.87. The summed E-state index contributed by atoms with van der Waals surface area (Å²) in [5.74, 6) is -0.669. The van der Waals surface area contributed by atoms with Gasteiger partial charge in [-0.15, -0.1) is 0 Å². The van der Waals surface area contributed by atoms with Gasteiger partial charge >= 0.3 is 0 Å². The number of rotatable bonds is 5. The second-order valence-electron chi connectivity index (χ2n) is 3.81. The molecule has 0 unspecified atom stereocenters. The average Bonchev–Trinajstić information content (AvgIpc) is 2.33. The van der Waals surface area contributed by atoms with E-state index < -0.39 is 0 Å². The van der Waals surface area contributed by atoms with Crippen molar-refractivity contribution >= 4 is 23.6 Å². The van der Waals surface area contributed by atoms with E-state index in [1.54, 1.807) is 0 Å². The van der Waals surface area contributed by atoms with Crippen molar-refractivity contribution in [3.63, 3.8) is 0 Å². The molecule has 8 heteroatoms. The maximum absolute atomic E-state index is 11.4. The number of nitrogens with zero attached hydrogens (tertiary/aromatic N) is 1. The second-order valence-corrected chi connectivity index (χ2v) is 4.77. The fraction of sp³-hybridized carbons (Fsp3) is 0.455. The molecule has 0 bridgehead atoms. The fourth-order valence-electron chi connectivity index (χ4n) is 1.26. The molecule has 1 aromatic rings. The highest BCUT2D eigenvalue weighted by Crippen LogP contribution is 2.11. The smallest absolute Gasteiger partial charge is 0.251 e. The normalized spacial score (nSPS) is 10.0. The van der Waals surface area contributed by atoms with E-state index in [0.717, 1.165) is 24.6 Å². The molecule has 104 valence electrons. The van der Waals surface area contributed by atoms with Crippen LogP contribution in [-0.2, 0) is 16.0 Å². The number of hydrogen-bond donors (Lipinski definition) is 3. The molecule has 0 aliphatic rings. The van der Waals surface area contributed by atoms with Crippen LogP contribution in [-0.4, -0.2) is 27.5 Å². The molecule has 1 aromatic heterocycles. The minimum Gasteiger partial charge on any atom is -0.301 e. The molecule has 0 aliphatic heterocycles. The van der Waals surface area contributed by atoms with Crippen LogP contribution in [0.25, 0.3) is 0 Å². The summed E-state index contributed by atoms with van der Waals surface area (Å²) in [6.07, 6.45) is 1.61. The van der Waals surface area contributed by atoms with Gasteiger partial charge in [0, 0.05) is 18.7 Å². The predicted octanol–water partition coefficient (Wildman–Crippen LogP) is -0.0182. The molecule has 7 nitrogen and oxygen atoms in total. The Balaban J connectivity index is 2.55. The van der Waals surface area contributed by atoms with Gasteiger partial charge in [-0.25, -0.2) is 4.98 Å². The molecule has 0 aromatic carbocycles. The summed E-state index contributed by atoms with van der Waals surface area (Å²) in [5.41, 5.74) is 4.88. The first-order chi connectivity index (χ1) is 9.01. The summed E-state index contributed by atoms with van der Waals surface area (Å²) in [6, 6.07) is 1.45. The number of carbonyl (C=O) groups is 2. The van der Waals surface area contributed by atoms with Crippen LogP contribution in [0.4, 0.5) is 0 Å². The highest BCUT2D eigenvalue weighted by atomic mass is 32.2. The molecule has 0 atom stereocenters. The van der Waals surface area contributed by atoms with Crippen LogP contribution < -0.4 is 16.4 Å². The van der Waals surface area contributed by atoms with E-state index in [9.17, 15) is 14.4 Å². The molecule has 0 aliphatic carbocycles. The minimum atomic E-state index is -0.372. The van der Waals surface area contributed by atoms with Crippen LogP contribution >= 0.6 is 11.8 Å². The fourth-order valence-corrected chi connectivity index (χ4v) is 1.96. The number of carbonyl (C=O) groups excluding carboxylic acids is 2. The van der Waals surface area contributed by atoms with Crippen molar-refractivity contribution in [2.75, 3.05) is 5.75 Å². The van der Waals surface area contributed by atoms with Crippen LogP contribution in [0.1, 0.15) is 26.0 Å². The molecule has 0 fully saturated rings. The summed E-state index contributed by atoms with van der Waals surface area (Å²) in [5, 5.41) is 0.397. The van der Waals surface area contributed by atoms with Crippen LogP contribution in [0.15, 0.2) is 16.0 Å². The quantitative estimate of drug-likeness (QED) is 0.400. The van der Waals surface area contributed by atoms with E-state index in [0.29, 0.717) is 10.9 Å². The number of hydrazine groups is 1.